The van der Waals surface area contributed by atoms with Gasteiger partial charge in [0.15, 0.2) is 0 Å². The quantitative estimate of drug-likeness (QED) is 0.829. The highest BCUT2D eigenvalue weighted by Gasteiger charge is 2.32. The van der Waals surface area contributed by atoms with Gasteiger partial charge in [-0.15, -0.1) is 0 Å². The smallest absolute Gasteiger partial charge is 0.315 e. The first-order valence-corrected chi connectivity index (χ1v) is 9.12. The Morgan fingerprint density at radius 3 is 3.17 bits per heavy atom. The van der Waals surface area contributed by atoms with Gasteiger partial charge in [0, 0.05) is 44.1 Å². The number of nitrogens with one attached hydrogen (secondary N) is 2. The number of morpholine rings is 1. The highest BCUT2D eigenvalue weighted by Crippen LogP contribution is 2.22. The average molecular weight is 334 g/mol. The molecule has 24 heavy (non-hydrogen) atoms. The first-order valence-electron chi connectivity index (χ1n) is 9.12. The Morgan fingerprint density at radius 1 is 1.50 bits per heavy atom. The molecule has 0 radical (unpaired) electrons. The first-order chi connectivity index (χ1) is 11.6. The van der Waals surface area contributed by atoms with E-state index in [4.69, 9.17) is 4.74 Å². The first kappa shape index (κ1) is 17.3. The fourth-order valence-corrected chi connectivity index (χ4v) is 3.68. The molecule has 3 unspecified atom stereocenters. The van der Waals surface area contributed by atoms with Gasteiger partial charge >= 0.3 is 6.03 Å². The van der Waals surface area contributed by atoms with Crippen LogP contribution in [0.4, 0.5) is 4.79 Å². The van der Waals surface area contributed by atoms with Gasteiger partial charge in [-0.1, -0.05) is 0 Å². The van der Waals surface area contributed by atoms with E-state index in [1.807, 2.05) is 0 Å². The van der Waals surface area contributed by atoms with Gasteiger partial charge in [-0.2, -0.15) is 0 Å². The van der Waals surface area contributed by atoms with Gasteiger partial charge in [0.1, 0.15) is 0 Å². The van der Waals surface area contributed by atoms with Crippen molar-refractivity contribution in [1.29, 1.82) is 0 Å². The van der Waals surface area contributed by atoms with Crippen LogP contribution in [0.25, 0.3) is 0 Å². The topological polar surface area (TPSA) is 58.5 Å². The lowest BCUT2D eigenvalue weighted by Gasteiger charge is -2.35. The summed E-state index contributed by atoms with van der Waals surface area (Å²) in [7, 11) is 2.05. The van der Waals surface area contributed by atoms with Crippen molar-refractivity contribution in [3.8, 4) is 0 Å². The van der Waals surface area contributed by atoms with Gasteiger partial charge in [0.25, 0.3) is 0 Å². The van der Waals surface area contributed by atoms with Gasteiger partial charge in [-0.25, -0.2) is 4.79 Å². The van der Waals surface area contributed by atoms with Crippen LogP contribution < -0.4 is 10.6 Å². The minimum absolute atomic E-state index is 0.0958. The normalized spacial score (nSPS) is 25.2. The zero-order chi connectivity index (χ0) is 16.9. The maximum absolute atomic E-state index is 12.1. The fraction of sp³-hybridized carbons (Fsp3) is 0.722. The van der Waals surface area contributed by atoms with Crippen molar-refractivity contribution >= 4 is 6.03 Å². The van der Waals surface area contributed by atoms with Gasteiger partial charge in [-0.3, -0.25) is 4.90 Å². The molecule has 6 nitrogen and oxygen atoms in total. The Kier molecular flexibility index (Phi) is 5.79. The van der Waals surface area contributed by atoms with Crippen LogP contribution in [0.2, 0.25) is 0 Å². The third-order valence-corrected chi connectivity index (χ3v) is 5.21. The molecule has 0 saturated carbocycles. The molecule has 3 heterocycles. The van der Waals surface area contributed by atoms with Gasteiger partial charge in [0.05, 0.1) is 12.7 Å². The molecule has 134 valence electrons. The number of carbonyl (C=O) groups excluding carboxylic acids is 1. The Labute approximate surface area is 144 Å². The molecule has 2 fully saturated rings. The van der Waals surface area contributed by atoms with Crippen molar-refractivity contribution in [3.05, 3.63) is 24.0 Å². The van der Waals surface area contributed by atoms with E-state index in [2.05, 4.69) is 52.4 Å². The van der Waals surface area contributed by atoms with Gasteiger partial charge < -0.3 is 19.9 Å². The van der Waals surface area contributed by atoms with E-state index < -0.39 is 0 Å². The van der Waals surface area contributed by atoms with Gasteiger partial charge in [-0.05, 0) is 51.3 Å². The third-order valence-electron chi connectivity index (χ3n) is 5.21. The lowest BCUT2D eigenvalue weighted by molar-refractivity contribution is -0.0458. The SMILES string of the molecule is CC(CCc1cccn1C)NC(=O)NCC1CN2CCCC2CO1. The van der Waals surface area contributed by atoms with E-state index in [0.29, 0.717) is 12.6 Å². The number of nitrogens with zero attached hydrogens (tertiary/aromatic N) is 2. The lowest BCUT2D eigenvalue weighted by atomic mass is 10.1. The number of rotatable bonds is 6. The Balaban J connectivity index is 1.32. The summed E-state index contributed by atoms with van der Waals surface area (Å²) >= 11 is 0. The number of urea groups is 1. The molecule has 2 saturated heterocycles. The van der Waals surface area contributed by atoms with Crippen molar-refractivity contribution in [2.24, 2.45) is 7.05 Å². The van der Waals surface area contributed by atoms with Crippen LogP contribution in [0.3, 0.4) is 0 Å². The second-order valence-electron chi connectivity index (χ2n) is 7.15. The number of aromatic nitrogens is 1. The van der Waals surface area contributed by atoms with Crippen molar-refractivity contribution in [3.63, 3.8) is 0 Å². The summed E-state index contributed by atoms with van der Waals surface area (Å²) in [5, 5.41) is 5.98. The Bertz CT molecular complexity index is 545. The Hall–Kier alpha value is -1.53. The molecule has 0 aromatic carbocycles. The standard InChI is InChI=1S/C18H30N4O2/c1-14(7-8-15-5-3-9-21(15)2)20-18(23)19-11-17-12-22-10-4-6-16(22)13-24-17/h3,5,9,14,16-17H,4,6-8,10-13H2,1-2H3,(H2,19,20,23). The summed E-state index contributed by atoms with van der Waals surface area (Å²) in [6.45, 7) is 5.55. The summed E-state index contributed by atoms with van der Waals surface area (Å²) in [5.41, 5.74) is 1.29. The molecule has 0 bridgehead atoms. The highest BCUT2D eigenvalue weighted by molar-refractivity contribution is 5.74. The number of hydrogen-bond donors (Lipinski definition) is 2. The molecule has 2 aliphatic rings. The fourth-order valence-electron chi connectivity index (χ4n) is 3.68. The van der Waals surface area contributed by atoms with E-state index in [-0.39, 0.29) is 18.2 Å². The Morgan fingerprint density at radius 2 is 2.38 bits per heavy atom. The van der Waals surface area contributed by atoms with E-state index in [9.17, 15) is 4.79 Å². The molecule has 2 aliphatic heterocycles. The van der Waals surface area contributed by atoms with Gasteiger partial charge in [0.2, 0.25) is 0 Å². The molecule has 2 amide bonds. The number of hydrogen-bond acceptors (Lipinski definition) is 3. The number of ether oxygens (including phenoxy) is 1. The summed E-state index contributed by atoms with van der Waals surface area (Å²) in [6.07, 6.45) is 6.58. The highest BCUT2D eigenvalue weighted by atomic mass is 16.5. The predicted molar refractivity (Wildman–Crippen MR) is 94.1 cm³/mol. The molecule has 6 heteroatoms. The molecule has 0 aliphatic carbocycles. The molecule has 0 spiro atoms. The lowest BCUT2D eigenvalue weighted by Crippen LogP contribution is -2.51. The van der Waals surface area contributed by atoms with E-state index >= 15 is 0 Å². The molecule has 1 aromatic rings. The van der Waals surface area contributed by atoms with E-state index in [1.165, 1.54) is 25.1 Å². The zero-order valence-corrected chi connectivity index (χ0v) is 14.8. The number of carbonyl (C=O) groups is 1. The molecular formula is C18H30N4O2. The van der Waals surface area contributed by atoms with E-state index in [1.54, 1.807) is 0 Å². The summed E-state index contributed by atoms with van der Waals surface area (Å²) < 4.78 is 7.99. The minimum atomic E-state index is -0.0958. The van der Waals surface area contributed by atoms with Crippen molar-refractivity contribution < 1.29 is 9.53 Å². The third kappa shape index (κ3) is 4.51. The maximum atomic E-state index is 12.1. The molecule has 3 rings (SSSR count). The van der Waals surface area contributed by atoms with Crippen LogP contribution in [0.5, 0.6) is 0 Å². The maximum Gasteiger partial charge on any atom is 0.315 e. The summed E-state index contributed by atoms with van der Waals surface area (Å²) in [4.78, 5) is 14.6. The predicted octanol–water partition coefficient (Wildman–Crippen LogP) is 1.51. The number of fused-ring (bicyclic) bond motifs is 1. The summed E-state index contributed by atoms with van der Waals surface area (Å²) in [6, 6.07) is 4.83. The van der Waals surface area contributed by atoms with E-state index in [0.717, 1.165) is 26.0 Å². The monoisotopic (exact) mass is 334 g/mol. The number of amides is 2. The van der Waals surface area contributed by atoms with Crippen molar-refractivity contribution in [1.82, 2.24) is 20.1 Å². The molecule has 1 aromatic heterocycles. The van der Waals surface area contributed by atoms with Crippen LogP contribution in [0.1, 0.15) is 31.9 Å². The number of aryl methyl sites for hydroxylation is 2. The van der Waals surface area contributed by atoms with Crippen LogP contribution in [-0.2, 0) is 18.2 Å². The van der Waals surface area contributed by atoms with Crippen LogP contribution in [0, 0.1) is 0 Å². The van der Waals surface area contributed by atoms with Crippen LogP contribution in [-0.4, -0.2) is 59.9 Å². The zero-order valence-electron chi connectivity index (χ0n) is 14.8. The molecule has 2 N–H and O–H groups in total. The van der Waals surface area contributed by atoms with Crippen molar-refractivity contribution in [2.75, 3.05) is 26.2 Å². The molecular weight excluding hydrogens is 304 g/mol. The summed E-state index contributed by atoms with van der Waals surface area (Å²) in [5.74, 6) is 0. The second-order valence-corrected chi connectivity index (χ2v) is 7.15. The largest absolute Gasteiger partial charge is 0.373 e. The van der Waals surface area contributed by atoms with Crippen LogP contribution >= 0.6 is 0 Å². The molecule has 3 atom stereocenters. The minimum Gasteiger partial charge on any atom is -0.373 e. The van der Waals surface area contributed by atoms with Crippen molar-refractivity contribution in [2.45, 2.75) is 50.8 Å². The average Bonchev–Trinajstić information content (AvgIpc) is 3.19. The second kappa shape index (κ2) is 8.03. The van der Waals surface area contributed by atoms with Crippen LogP contribution in [0.15, 0.2) is 18.3 Å².